The minimum Gasteiger partial charge on any atom is -0.490 e. The fourth-order valence-corrected chi connectivity index (χ4v) is 2.76. The number of piperidine rings is 1. The van der Waals surface area contributed by atoms with Crippen LogP contribution in [-0.2, 0) is 0 Å². The predicted molar refractivity (Wildman–Crippen MR) is 84.8 cm³/mol. The van der Waals surface area contributed by atoms with Crippen LogP contribution in [0.1, 0.15) is 19.8 Å². The molecule has 1 aromatic carbocycles. The zero-order valence-corrected chi connectivity index (χ0v) is 13.3. The molecule has 0 spiro atoms. The Bertz CT molecular complexity index is 434. The van der Waals surface area contributed by atoms with Gasteiger partial charge < -0.3 is 15.4 Å². The Kier molecular flexibility index (Phi) is 5.97. The van der Waals surface area contributed by atoms with Gasteiger partial charge in [-0.3, -0.25) is 0 Å². The van der Waals surface area contributed by atoms with Crippen molar-refractivity contribution in [3.63, 3.8) is 0 Å². The number of halogens is 2. The molecule has 0 bridgehead atoms. The second-order valence-electron chi connectivity index (χ2n) is 5.53. The van der Waals surface area contributed by atoms with Crippen molar-refractivity contribution >= 4 is 23.2 Å². The maximum absolute atomic E-state index is 6.00. The van der Waals surface area contributed by atoms with E-state index >= 15 is 0 Å². The summed E-state index contributed by atoms with van der Waals surface area (Å²) in [7, 11) is 0. The van der Waals surface area contributed by atoms with Gasteiger partial charge in [-0.2, -0.15) is 0 Å². The monoisotopic (exact) mass is 316 g/mol. The quantitative estimate of drug-likeness (QED) is 0.904. The highest BCUT2D eigenvalue weighted by atomic mass is 35.5. The van der Waals surface area contributed by atoms with E-state index in [9.17, 15) is 0 Å². The summed E-state index contributed by atoms with van der Waals surface area (Å²) < 4.78 is 5.98. The summed E-state index contributed by atoms with van der Waals surface area (Å²) in [5.74, 6) is 1.36. The van der Waals surface area contributed by atoms with Crippen LogP contribution in [-0.4, -0.2) is 37.2 Å². The minimum absolute atomic E-state index is 0.261. The maximum atomic E-state index is 6.00. The lowest BCUT2D eigenvalue weighted by Gasteiger charge is -2.33. The molecule has 1 heterocycles. The third-order valence-corrected chi connectivity index (χ3v) is 4.44. The van der Waals surface area contributed by atoms with Gasteiger partial charge >= 0.3 is 0 Å². The van der Waals surface area contributed by atoms with Crippen LogP contribution in [0.2, 0.25) is 10.0 Å². The molecule has 0 radical (unpaired) electrons. The van der Waals surface area contributed by atoms with Gasteiger partial charge in [0.15, 0.2) is 0 Å². The molecule has 0 aromatic heterocycles. The normalized spacial score (nSPS) is 19.0. The molecule has 1 aromatic rings. The van der Waals surface area contributed by atoms with Crippen LogP contribution >= 0.6 is 23.2 Å². The van der Waals surface area contributed by atoms with Crippen molar-refractivity contribution in [1.29, 1.82) is 0 Å². The van der Waals surface area contributed by atoms with Crippen LogP contribution in [0.15, 0.2) is 18.2 Å². The SMILES string of the molecule is C[C@@H](CN)CN1CCC(Oc2ccc(Cl)c(Cl)c2)CC1. The van der Waals surface area contributed by atoms with Crippen molar-refractivity contribution < 1.29 is 4.74 Å². The van der Waals surface area contributed by atoms with Gasteiger partial charge in [0.05, 0.1) is 10.0 Å². The van der Waals surface area contributed by atoms with Crippen LogP contribution in [0.3, 0.4) is 0 Å². The summed E-state index contributed by atoms with van der Waals surface area (Å²) in [4.78, 5) is 2.46. The predicted octanol–water partition coefficient (Wildman–Crippen LogP) is 3.43. The van der Waals surface area contributed by atoms with E-state index in [-0.39, 0.29) is 6.10 Å². The lowest BCUT2D eigenvalue weighted by atomic mass is 10.1. The molecule has 1 fully saturated rings. The Morgan fingerprint density at radius 2 is 2.00 bits per heavy atom. The van der Waals surface area contributed by atoms with E-state index in [1.54, 1.807) is 12.1 Å². The number of nitrogens with zero attached hydrogens (tertiary/aromatic N) is 1. The largest absolute Gasteiger partial charge is 0.490 e. The lowest BCUT2D eigenvalue weighted by molar-refractivity contribution is 0.0933. The lowest BCUT2D eigenvalue weighted by Crippen LogP contribution is -2.41. The summed E-state index contributed by atoms with van der Waals surface area (Å²) in [6, 6.07) is 5.43. The topological polar surface area (TPSA) is 38.5 Å². The third-order valence-electron chi connectivity index (χ3n) is 3.70. The second-order valence-corrected chi connectivity index (χ2v) is 6.35. The molecule has 0 saturated carbocycles. The second kappa shape index (κ2) is 7.51. The molecular formula is C15H22Cl2N2O. The van der Waals surface area contributed by atoms with Crippen LogP contribution in [0.4, 0.5) is 0 Å². The van der Waals surface area contributed by atoms with E-state index < -0.39 is 0 Å². The van der Waals surface area contributed by atoms with Crippen LogP contribution < -0.4 is 10.5 Å². The Hall–Kier alpha value is -0.480. The van der Waals surface area contributed by atoms with Gasteiger partial charge in [0.1, 0.15) is 11.9 Å². The summed E-state index contributed by atoms with van der Waals surface area (Å²) >= 11 is 11.9. The molecule has 2 N–H and O–H groups in total. The molecule has 2 rings (SSSR count). The van der Waals surface area contributed by atoms with E-state index in [0.29, 0.717) is 16.0 Å². The highest BCUT2D eigenvalue weighted by molar-refractivity contribution is 6.42. The first-order chi connectivity index (χ1) is 9.58. The molecule has 112 valence electrons. The van der Waals surface area contributed by atoms with E-state index in [1.165, 1.54) is 0 Å². The van der Waals surface area contributed by atoms with Gasteiger partial charge in [-0.15, -0.1) is 0 Å². The summed E-state index contributed by atoms with van der Waals surface area (Å²) in [6.45, 7) is 6.15. The number of hydrogen-bond acceptors (Lipinski definition) is 3. The van der Waals surface area contributed by atoms with Crippen molar-refractivity contribution in [2.45, 2.75) is 25.9 Å². The number of nitrogens with two attached hydrogens (primary N) is 1. The van der Waals surface area contributed by atoms with Gasteiger partial charge in [0.25, 0.3) is 0 Å². The zero-order valence-electron chi connectivity index (χ0n) is 11.8. The fraction of sp³-hybridized carbons (Fsp3) is 0.600. The van der Waals surface area contributed by atoms with Crippen LogP contribution in [0.5, 0.6) is 5.75 Å². The third kappa shape index (κ3) is 4.52. The van der Waals surface area contributed by atoms with Crippen molar-refractivity contribution in [2.24, 2.45) is 11.7 Å². The van der Waals surface area contributed by atoms with Gasteiger partial charge in [-0.05, 0) is 37.4 Å². The zero-order chi connectivity index (χ0) is 14.5. The average molecular weight is 317 g/mol. The molecule has 5 heteroatoms. The Labute approximate surface area is 131 Å². The minimum atomic E-state index is 0.261. The molecule has 1 aliphatic heterocycles. The van der Waals surface area contributed by atoms with E-state index in [0.717, 1.165) is 44.8 Å². The number of benzene rings is 1. The first-order valence-corrected chi connectivity index (χ1v) is 7.88. The fourth-order valence-electron chi connectivity index (χ4n) is 2.47. The van der Waals surface area contributed by atoms with Crippen LogP contribution in [0.25, 0.3) is 0 Å². The van der Waals surface area contributed by atoms with Crippen molar-refractivity contribution in [3.8, 4) is 5.75 Å². The molecule has 1 saturated heterocycles. The van der Waals surface area contributed by atoms with Crippen LogP contribution in [0, 0.1) is 5.92 Å². The average Bonchev–Trinajstić information content (AvgIpc) is 2.45. The molecule has 20 heavy (non-hydrogen) atoms. The number of likely N-dealkylation sites (tertiary alicyclic amines) is 1. The maximum Gasteiger partial charge on any atom is 0.121 e. The smallest absolute Gasteiger partial charge is 0.121 e. The van der Waals surface area contributed by atoms with Crippen molar-refractivity contribution in [3.05, 3.63) is 28.2 Å². The van der Waals surface area contributed by atoms with Crippen molar-refractivity contribution in [1.82, 2.24) is 4.90 Å². The molecule has 1 atom stereocenters. The Morgan fingerprint density at radius 1 is 1.30 bits per heavy atom. The number of hydrogen-bond donors (Lipinski definition) is 1. The Morgan fingerprint density at radius 3 is 2.60 bits per heavy atom. The van der Waals surface area contributed by atoms with Gasteiger partial charge in [-0.25, -0.2) is 0 Å². The van der Waals surface area contributed by atoms with Gasteiger partial charge in [0, 0.05) is 25.7 Å². The Balaban J connectivity index is 1.80. The standard InChI is InChI=1S/C15H22Cl2N2O/c1-11(9-18)10-19-6-4-12(5-7-19)20-13-2-3-14(16)15(17)8-13/h2-3,8,11-12H,4-7,9-10,18H2,1H3/t11-/m0/s1. The molecule has 0 amide bonds. The highest BCUT2D eigenvalue weighted by Crippen LogP contribution is 2.28. The molecule has 0 unspecified atom stereocenters. The molecule has 0 aliphatic carbocycles. The highest BCUT2D eigenvalue weighted by Gasteiger charge is 2.21. The number of ether oxygens (including phenoxy) is 1. The first-order valence-electron chi connectivity index (χ1n) is 7.12. The van der Waals surface area contributed by atoms with E-state index in [4.69, 9.17) is 33.7 Å². The van der Waals surface area contributed by atoms with E-state index in [1.807, 2.05) is 6.07 Å². The molecule has 1 aliphatic rings. The molecular weight excluding hydrogens is 295 g/mol. The summed E-state index contributed by atoms with van der Waals surface area (Å²) in [6.07, 6.45) is 2.34. The molecule has 3 nitrogen and oxygen atoms in total. The number of rotatable bonds is 5. The van der Waals surface area contributed by atoms with Gasteiger partial charge in [-0.1, -0.05) is 30.1 Å². The van der Waals surface area contributed by atoms with Crippen molar-refractivity contribution in [2.75, 3.05) is 26.2 Å². The van der Waals surface area contributed by atoms with E-state index in [2.05, 4.69) is 11.8 Å². The summed E-state index contributed by atoms with van der Waals surface area (Å²) in [5.41, 5.74) is 5.67. The summed E-state index contributed by atoms with van der Waals surface area (Å²) in [5, 5.41) is 1.10. The first kappa shape index (κ1) is 15.9. The van der Waals surface area contributed by atoms with Gasteiger partial charge in [0.2, 0.25) is 0 Å².